The third-order valence-corrected chi connectivity index (χ3v) is 8.55. The highest BCUT2D eigenvalue weighted by molar-refractivity contribution is 8.17. The first-order valence-corrected chi connectivity index (χ1v) is 13.3. The van der Waals surface area contributed by atoms with Crippen molar-refractivity contribution in [3.8, 4) is 0 Å². The number of aromatic nitrogens is 3. The van der Waals surface area contributed by atoms with Crippen LogP contribution in [0, 0.1) is 0 Å². The molecule has 0 bridgehead atoms. The van der Waals surface area contributed by atoms with E-state index in [1.165, 1.54) is 15.0 Å². The molecule has 1 amide bonds. The molecule has 1 atom stereocenters. The average Bonchev–Trinajstić information content (AvgIpc) is 3.49. The van der Waals surface area contributed by atoms with Crippen molar-refractivity contribution >= 4 is 49.8 Å². The van der Waals surface area contributed by atoms with Gasteiger partial charge in [0.1, 0.15) is 17.6 Å². The molecule has 35 heavy (non-hydrogen) atoms. The maximum absolute atomic E-state index is 13.3. The molecule has 0 spiro atoms. The number of fused-ring (bicyclic) bond motifs is 2. The van der Waals surface area contributed by atoms with Gasteiger partial charge in [0.25, 0.3) is 5.56 Å². The zero-order chi connectivity index (χ0) is 24.9. The van der Waals surface area contributed by atoms with Gasteiger partial charge in [-0.25, -0.2) is 4.98 Å². The number of nitrogens with zero attached hydrogens (tertiary/aromatic N) is 4. The first-order valence-electron chi connectivity index (χ1n) is 11.7. The molecule has 0 aromatic carbocycles. The van der Waals surface area contributed by atoms with Crippen molar-refractivity contribution in [1.29, 1.82) is 0 Å². The Bertz CT molecular complexity index is 1320. The quantitative estimate of drug-likeness (QED) is 0.341. The zero-order valence-electron chi connectivity index (χ0n) is 20.4. The molecular formula is C25H30N6O2S2. The number of hydrogen-bond acceptors (Lipinski definition) is 8. The molecule has 0 saturated heterocycles. The molecule has 0 aliphatic carbocycles. The summed E-state index contributed by atoms with van der Waals surface area (Å²) in [5.41, 5.74) is 1.47. The van der Waals surface area contributed by atoms with Crippen molar-refractivity contribution in [2.45, 2.75) is 52.6 Å². The summed E-state index contributed by atoms with van der Waals surface area (Å²) < 4.78 is 2.67. The van der Waals surface area contributed by atoms with Crippen LogP contribution in [0.5, 0.6) is 0 Å². The van der Waals surface area contributed by atoms with Crippen molar-refractivity contribution in [3.63, 3.8) is 0 Å². The molecule has 10 heteroatoms. The highest BCUT2D eigenvalue weighted by atomic mass is 32.2. The first-order chi connectivity index (χ1) is 16.9. The van der Waals surface area contributed by atoms with E-state index in [1.807, 2.05) is 18.3 Å². The predicted molar refractivity (Wildman–Crippen MR) is 145 cm³/mol. The number of aryl methyl sites for hydroxylation is 1. The Morgan fingerprint density at radius 2 is 2.17 bits per heavy atom. The van der Waals surface area contributed by atoms with Crippen LogP contribution in [0.1, 0.15) is 50.4 Å². The van der Waals surface area contributed by atoms with Gasteiger partial charge < -0.3 is 10.6 Å². The van der Waals surface area contributed by atoms with E-state index in [9.17, 15) is 9.59 Å². The topological polar surface area (TPSA) is 101 Å². The molecular weight excluding hydrogens is 480 g/mol. The lowest BCUT2D eigenvalue weighted by Gasteiger charge is -2.16. The van der Waals surface area contributed by atoms with Gasteiger partial charge in [0, 0.05) is 40.8 Å². The van der Waals surface area contributed by atoms with Crippen molar-refractivity contribution in [1.82, 2.24) is 19.9 Å². The van der Waals surface area contributed by atoms with Crippen LogP contribution < -0.4 is 16.2 Å². The van der Waals surface area contributed by atoms with Crippen LogP contribution in [-0.4, -0.2) is 39.1 Å². The molecule has 1 aliphatic rings. The third-order valence-electron chi connectivity index (χ3n) is 6.21. The van der Waals surface area contributed by atoms with Crippen LogP contribution in [0.15, 0.2) is 51.0 Å². The highest BCUT2D eigenvalue weighted by Crippen LogP contribution is 2.26. The zero-order valence-corrected chi connectivity index (χ0v) is 22.1. The Morgan fingerprint density at radius 1 is 1.34 bits per heavy atom. The van der Waals surface area contributed by atoms with Crippen LogP contribution >= 0.6 is 23.1 Å². The van der Waals surface area contributed by atoms with E-state index < -0.39 is 6.04 Å². The Labute approximate surface area is 213 Å². The van der Waals surface area contributed by atoms with E-state index in [-0.39, 0.29) is 11.5 Å². The maximum Gasteiger partial charge on any atom is 0.277 e. The number of rotatable bonds is 8. The molecule has 3 aromatic rings. The van der Waals surface area contributed by atoms with Crippen molar-refractivity contribution < 1.29 is 4.79 Å². The third kappa shape index (κ3) is 5.65. The van der Waals surface area contributed by atoms with E-state index in [0.717, 1.165) is 26.4 Å². The lowest BCUT2D eigenvalue weighted by molar-refractivity contribution is -0.124. The van der Waals surface area contributed by atoms with Crippen LogP contribution in [0.4, 0.5) is 5.69 Å². The van der Waals surface area contributed by atoms with Gasteiger partial charge in [-0.2, -0.15) is 0 Å². The Hall–Kier alpha value is -2.98. The number of amides is 1. The Morgan fingerprint density at radius 3 is 2.91 bits per heavy atom. The smallest absolute Gasteiger partial charge is 0.277 e. The minimum absolute atomic E-state index is 0.164. The largest absolute Gasteiger partial charge is 0.373 e. The van der Waals surface area contributed by atoms with Gasteiger partial charge in [-0.1, -0.05) is 24.3 Å². The number of anilines is 1. The highest BCUT2D eigenvalue weighted by Gasteiger charge is 2.31. The maximum atomic E-state index is 13.3. The number of thiophene rings is 1. The van der Waals surface area contributed by atoms with Gasteiger partial charge in [0.2, 0.25) is 5.91 Å². The van der Waals surface area contributed by atoms with E-state index >= 15 is 0 Å². The number of thioether (sulfide) groups is 1. The summed E-state index contributed by atoms with van der Waals surface area (Å²) in [6.45, 7) is 7.16. The molecule has 0 fully saturated rings. The van der Waals surface area contributed by atoms with Crippen molar-refractivity contribution in [2.24, 2.45) is 4.99 Å². The van der Waals surface area contributed by atoms with Gasteiger partial charge in [0.15, 0.2) is 0 Å². The molecule has 1 unspecified atom stereocenters. The van der Waals surface area contributed by atoms with Crippen LogP contribution in [-0.2, 0) is 17.8 Å². The van der Waals surface area contributed by atoms with Crippen LogP contribution in [0.2, 0.25) is 0 Å². The number of carbonyl (C=O) groups is 1. The monoisotopic (exact) mass is 510 g/mol. The summed E-state index contributed by atoms with van der Waals surface area (Å²) in [6.07, 6.45) is 7.30. The summed E-state index contributed by atoms with van der Waals surface area (Å²) in [5.74, 6) is 0.479. The molecule has 4 rings (SSSR count). The molecule has 3 aromatic heterocycles. The second-order valence-corrected chi connectivity index (χ2v) is 10.9. The standard InChI is InChI=1S/C25H30N6O2S2/c1-5-15(2)16(3)34-23(26-4)14-28-19-13-29-22-7-6-20(31(22)25(19)33)24(32)30-12-18-10-17-11-27-9-8-21(17)35-18/h8-11,13,20,28H,5-7,12,14H2,1-4H3,(H,30,32). The van der Waals surface area contributed by atoms with Crippen molar-refractivity contribution in [2.75, 3.05) is 18.9 Å². The fourth-order valence-corrected chi connectivity index (χ4v) is 5.82. The minimum Gasteiger partial charge on any atom is -0.373 e. The number of pyridine rings is 1. The van der Waals surface area contributed by atoms with E-state index in [2.05, 4.69) is 46.4 Å². The number of nitrogens with one attached hydrogen (secondary N) is 2. The van der Waals surface area contributed by atoms with Crippen LogP contribution in [0.25, 0.3) is 10.1 Å². The molecule has 8 nitrogen and oxygen atoms in total. The van der Waals surface area contributed by atoms with E-state index in [0.29, 0.717) is 37.4 Å². The molecule has 0 saturated carbocycles. The number of allylic oxidation sites excluding steroid dienone is 2. The van der Waals surface area contributed by atoms with Gasteiger partial charge in [-0.15, -0.1) is 11.3 Å². The van der Waals surface area contributed by atoms with Crippen LogP contribution in [0.3, 0.4) is 0 Å². The van der Waals surface area contributed by atoms with Gasteiger partial charge >= 0.3 is 0 Å². The number of hydrogen-bond donors (Lipinski definition) is 2. The normalized spacial score (nSPS) is 16.2. The minimum atomic E-state index is -0.561. The van der Waals surface area contributed by atoms with E-state index in [1.54, 1.807) is 42.5 Å². The fourth-order valence-electron chi connectivity index (χ4n) is 3.94. The molecule has 1 aliphatic heterocycles. The van der Waals surface area contributed by atoms with Gasteiger partial charge in [-0.3, -0.25) is 24.1 Å². The van der Waals surface area contributed by atoms with Crippen molar-refractivity contribution in [3.05, 3.63) is 62.3 Å². The predicted octanol–water partition coefficient (Wildman–Crippen LogP) is 4.53. The van der Waals surface area contributed by atoms with Gasteiger partial charge in [-0.05, 0) is 43.7 Å². The van der Waals surface area contributed by atoms with E-state index in [4.69, 9.17) is 0 Å². The number of aliphatic imine (C=N–C) groups is 1. The second kappa shape index (κ2) is 11.2. The summed E-state index contributed by atoms with van der Waals surface area (Å²) in [7, 11) is 1.75. The average molecular weight is 511 g/mol. The second-order valence-electron chi connectivity index (χ2n) is 8.42. The Balaban J connectivity index is 1.44. The summed E-state index contributed by atoms with van der Waals surface area (Å²) in [4.78, 5) is 41.5. The molecule has 2 N–H and O–H groups in total. The Kier molecular flexibility index (Phi) is 8.02. The SMILES string of the molecule is CCC(C)=C(C)SC(CNc1cnc2n(c1=O)C(C(=O)NCc1cc3cnccc3s1)CC2)=NC. The molecule has 184 valence electrons. The molecule has 0 radical (unpaired) electrons. The summed E-state index contributed by atoms with van der Waals surface area (Å²) >= 11 is 3.24. The molecule has 4 heterocycles. The lowest BCUT2D eigenvalue weighted by Crippen LogP contribution is -2.36. The lowest BCUT2D eigenvalue weighted by atomic mass is 10.2. The summed E-state index contributed by atoms with van der Waals surface area (Å²) in [6, 6.07) is 3.44. The fraction of sp³-hybridized carbons (Fsp3) is 0.400. The van der Waals surface area contributed by atoms with Gasteiger partial charge in [0.05, 0.1) is 24.3 Å². The first kappa shape index (κ1) is 25.1. The summed E-state index contributed by atoms with van der Waals surface area (Å²) in [5, 5.41) is 8.13. The number of carbonyl (C=O) groups excluding carboxylic acids is 1.